The van der Waals surface area contributed by atoms with Crippen molar-refractivity contribution in [2.75, 3.05) is 5.32 Å². The monoisotopic (exact) mass is 492 g/mol. The fourth-order valence-electron chi connectivity index (χ4n) is 4.52. The molecule has 1 amide bonds. The van der Waals surface area contributed by atoms with Crippen LogP contribution in [0.2, 0.25) is 0 Å². The summed E-state index contributed by atoms with van der Waals surface area (Å²) in [6, 6.07) is 3.39. The molecule has 0 spiro atoms. The van der Waals surface area contributed by atoms with Gasteiger partial charge in [0.15, 0.2) is 4.83 Å². The molecule has 182 valence electrons. The molecule has 2 atom stereocenters. The van der Waals surface area contributed by atoms with Gasteiger partial charge in [-0.15, -0.1) is 16.4 Å². The first-order valence-electron chi connectivity index (χ1n) is 11.3. The molecule has 0 bridgehead atoms. The summed E-state index contributed by atoms with van der Waals surface area (Å²) in [6.45, 7) is 8.37. The predicted molar refractivity (Wildman–Crippen MR) is 126 cm³/mol. The SMILES string of the molecule is CCC(C(=O)Nc1cccc(C(F)(F)F)c1)n1nnc2sc3c(c2c1=O)CCC(C(C)(C)C)C3. The van der Waals surface area contributed by atoms with E-state index in [1.165, 1.54) is 23.5 Å². The normalized spacial score (nSPS) is 17.4. The summed E-state index contributed by atoms with van der Waals surface area (Å²) >= 11 is 1.48. The third-order valence-corrected chi connectivity index (χ3v) is 7.71. The summed E-state index contributed by atoms with van der Waals surface area (Å²) in [4.78, 5) is 28.1. The summed E-state index contributed by atoms with van der Waals surface area (Å²) in [5.41, 5.74) is -0.101. The number of fused-ring (bicyclic) bond motifs is 3. The maximum absolute atomic E-state index is 13.4. The summed E-state index contributed by atoms with van der Waals surface area (Å²) in [5, 5.41) is 11.3. The predicted octanol–water partition coefficient (Wildman–Crippen LogP) is 5.61. The highest BCUT2D eigenvalue weighted by atomic mass is 32.1. The molecule has 0 saturated heterocycles. The van der Waals surface area contributed by atoms with Crippen LogP contribution in [0.3, 0.4) is 0 Å². The van der Waals surface area contributed by atoms with Crippen molar-refractivity contribution in [2.24, 2.45) is 11.3 Å². The summed E-state index contributed by atoms with van der Waals surface area (Å²) in [7, 11) is 0. The van der Waals surface area contributed by atoms with Crippen LogP contribution in [-0.4, -0.2) is 20.9 Å². The first-order chi connectivity index (χ1) is 15.9. The lowest BCUT2D eigenvalue weighted by Gasteiger charge is -2.33. The van der Waals surface area contributed by atoms with Crippen LogP contribution in [0.25, 0.3) is 10.2 Å². The van der Waals surface area contributed by atoms with E-state index >= 15 is 0 Å². The Morgan fingerprint density at radius 2 is 2.03 bits per heavy atom. The number of aryl methyl sites for hydroxylation is 1. The van der Waals surface area contributed by atoms with E-state index in [0.29, 0.717) is 16.1 Å². The lowest BCUT2D eigenvalue weighted by Crippen LogP contribution is -2.35. The molecular weight excluding hydrogens is 465 g/mol. The molecule has 1 aliphatic carbocycles. The van der Waals surface area contributed by atoms with Gasteiger partial charge >= 0.3 is 6.18 Å². The van der Waals surface area contributed by atoms with Gasteiger partial charge in [0.2, 0.25) is 5.91 Å². The Hall–Kier alpha value is -2.75. The van der Waals surface area contributed by atoms with Crippen LogP contribution < -0.4 is 10.9 Å². The molecule has 1 N–H and O–H groups in total. The number of hydrogen-bond acceptors (Lipinski definition) is 5. The van der Waals surface area contributed by atoms with E-state index in [1.807, 2.05) is 0 Å². The Balaban J connectivity index is 1.65. The van der Waals surface area contributed by atoms with Crippen LogP contribution in [0, 0.1) is 11.3 Å². The van der Waals surface area contributed by atoms with Crippen molar-refractivity contribution in [3.8, 4) is 0 Å². The molecule has 2 heterocycles. The van der Waals surface area contributed by atoms with E-state index in [1.54, 1.807) is 6.92 Å². The quantitative estimate of drug-likeness (QED) is 0.513. The minimum Gasteiger partial charge on any atom is -0.324 e. The van der Waals surface area contributed by atoms with Crippen molar-refractivity contribution < 1.29 is 18.0 Å². The number of alkyl halides is 3. The Morgan fingerprint density at radius 3 is 2.68 bits per heavy atom. The molecule has 34 heavy (non-hydrogen) atoms. The zero-order valence-corrected chi connectivity index (χ0v) is 20.3. The molecule has 3 aromatic rings. The second-order valence-corrected chi connectivity index (χ2v) is 10.9. The van der Waals surface area contributed by atoms with E-state index in [9.17, 15) is 22.8 Å². The van der Waals surface area contributed by atoms with Crippen LogP contribution in [0.1, 0.15) is 62.6 Å². The fourth-order valence-corrected chi connectivity index (χ4v) is 5.75. The van der Waals surface area contributed by atoms with E-state index in [2.05, 4.69) is 36.4 Å². The first kappa shape index (κ1) is 24.4. The number of aromatic nitrogens is 3. The minimum atomic E-state index is -4.53. The van der Waals surface area contributed by atoms with E-state index in [0.717, 1.165) is 46.5 Å². The van der Waals surface area contributed by atoms with Gasteiger partial charge in [-0.25, -0.2) is 0 Å². The number of amides is 1. The Morgan fingerprint density at radius 1 is 1.29 bits per heavy atom. The maximum atomic E-state index is 13.4. The summed E-state index contributed by atoms with van der Waals surface area (Å²) < 4.78 is 40.1. The maximum Gasteiger partial charge on any atom is 0.416 e. The van der Waals surface area contributed by atoms with Crippen molar-refractivity contribution in [3.05, 3.63) is 50.6 Å². The molecule has 0 radical (unpaired) electrons. The number of anilines is 1. The van der Waals surface area contributed by atoms with Crippen molar-refractivity contribution in [1.82, 2.24) is 15.0 Å². The van der Waals surface area contributed by atoms with Gasteiger partial charge in [0.1, 0.15) is 6.04 Å². The van der Waals surface area contributed by atoms with Crippen LogP contribution in [0.4, 0.5) is 18.9 Å². The topological polar surface area (TPSA) is 76.9 Å². The molecular formula is C24H27F3N4O2S. The second kappa shape index (κ2) is 8.79. The highest BCUT2D eigenvalue weighted by Gasteiger charge is 2.33. The minimum absolute atomic E-state index is 0.00139. The van der Waals surface area contributed by atoms with Gasteiger partial charge in [0.05, 0.1) is 10.9 Å². The van der Waals surface area contributed by atoms with Crippen LogP contribution in [0.15, 0.2) is 29.1 Å². The number of halogens is 3. The van der Waals surface area contributed by atoms with Crippen molar-refractivity contribution in [2.45, 2.75) is 65.6 Å². The van der Waals surface area contributed by atoms with Gasteiger partial charge in [0, 0.05) is 10.6 Å². The van der Waals surface area contributed by atoms with Crippen LogP contribution >= 0.6 is 11.3 Å². The molecule has 0 aliphatic heterocycles. The number of hydrogen-bond donors (Lipinski definition) is 1. The molecule has 1 aliphatic rings. The molecule has 1 aromatic carbocycles. The Labute approximate surface area is 199 Å². The number of nitrogens with one attached hydrogen (secondary N) is 1. The number of carbonyl (C=O) groups is 1. The number of nitrogens with zero attached hydrogens (tertiary/aromatic N) is 3. The average molecular weight is 493 g/mol. The fraction of sp³-hybridized carbons (Fsp3) is 0.500. The Bertz CT molecular complexity index is 1290. The third-order valence-electron chi connectivity index (χ3n) is 6.57. The highest BCUT2D eigenvalue weighted by Crippen LogP contribution is 2.42. The molecule has 10 heteroatoms. The van der Waals surface area contributed by atoms with Gasteiger partial charge < -0.3 is 5.32 Å². The van der Waals surface area contributed by atoms with E-state index in [-0.39, 0.29) is 23.1 Å². The molecule has 2 aromatic heterocycles. The lowest BCUT2D eigenvalue weighted by molar-refractivity contribution is -0.137. The summed E-state index contributed by atoms with van der Waals surface area (Å²) in [5.74, 6) is -0.112. The second-order valence-electron chi connectivity index (χ2n) is 9.82. The number of carbonyl (C=O) groups excluding carboxylic acids is 1. The molecule has 4 rings (SSSR count). The zero-order valence-electron chi connectivity index (χ0n) is 19.5. The van der Waals surface area contributed by atoms with Gasteiger partial charge in [-0.2, -0.15) is 17.9 Å². The largest absolute Gasteiger partial charge is 0.416 e. The van der Waals surface area contributed by atoms with Crippen LogP contribution in [-0.2, 0) is 23.8 Å². The first-order valence-corrected chi connectivity index (χ1v) is 12.1. The highest BCUT2D eigenvalue weighted by molar-refractivity contribution is 7.18. The van der Waals surface area contributed by atoms with Gasteiger partial charge in [-0.1, -0.05) is 39.0 Å². The Kier molecular flexibility index (Phi) is 6.30. The van der Waals surface area contributed by atoms with Gasteiger partial charge in [-0.3, -0.25) is 9.59 Å². The molecule has 2 unspecified atom stereocenters. The van der Waals surface area contributed by atoms with E-state index in [4.69, 9.17) is 0 Å². The smallest absolute Gasteiger partial charge is 0.324 e. The standard InChI is InChI=1S/C24H27F3N4O2S/c1-5-17(20(32)28-15-8-6-7-14(11-15)24(25,26)27)31-22(33)19-16-10-9-13(23(2,3)4)12-18(16)34-21(19)29-30-31/h6-8,11,13,17H,5,9-10,12H2,1-4H3,(H,28,32). The van der Waals surface area contributed by atoms with E-state index < -0.39 is 23.7 Å². The van der Waals surface area contributed by atoms with Crippen molar-refractivity contribution in [3.63, 3.8) is 0 Å². The molecule has 0 saturated carbocycles. The molecule has 0 fully saturated rings. The number of benzene rings is 1. The van der Waals surface area contributed by atoms with Crippen molar-refractivity contribution >= 4 is 33.1 Å². The van der Waals surface area contributed by atoms with Gasteiger partial charge in [-0.05, 0) is 60.8 Å². The molecule has 6 nitrogen and oxygen atoms in total. The van der Waals surface area contributed by atoms with Crippen molar-refractivity contribution in [1.29, 1.82) is 0 Å². The summed E-state index contributed by atoms with van der Waals surface area (Å²) in [6.07, 6.45) is -1.68. The number of thiophene rings is 1. The number of rotatable bonds is 4. The van der Waals surface area contributed by atoms with Crippen LogP contribution in [0.5, 0.6) is 0 Å². The lowest BCUT2D eigenvalue weighted by atomic mass is 9.72. The zero-order chi connectivity index (χ0) is 24.8. The third kappa shape index (κ3) is 4.60. The van der Waals surface area contributed by atoms with Gasteiger partial charge in [0.25, 0.3) is 5.56 Å². The average Bonchev–Trinajstić information content (AvgIpc) is 3.13.